The molecule has 2 heterocycles. The molecule has 0 bridgehead atoms. The number of aromatic nitrogens is 2. The van der Waals surface area contributed by atoms with Gasteiger partial charge in [0.25, 0.3) is 0 Å². The van der Waals surface area contributed by atoms with Gasteiger partial charge in [0.15, 0.2) is 0 Å². The van der Waals surface area contributed by atoms with Gasteiger partial charge in [0, 0.05) is 31.5 Å². The first-order valence-electron chi connectivity index (χ1n) is 6.50. The quantitative estimate of drug-likeness (QED) is 0.865. The Morgan fingerprint density at radius 1 is 1.41 bits per heavy atom. The van der Waals surface area contributed by atoms with Crippen molar-refractivity contribution >= 4 is 5.82 Å². The number of piperidine rings is 1. The molecule has 1 aliphatic heterocycles. The predicted molar refractivity (Wildman–Crippen MR) is 70.0 cm³/mol. The van der Waals surface area contributed by atoms with Crippen LogP contribution in [0.2, 0.25) is 0 Å². The van der Waals surface area contributed by atoms with Crippen molar-refractivity contribution in [2.75, 3.05) is 18.0 Å². The lowest BCUT2D eigenvalue weighted by Gasteiger charge is -2.40. The third kappa shape index (κ3) is 2.57. The van der Waals surface area contributed by atoms with E-state index in [0.717, 1.165) is 24.0 Å². The van der Waals surface area contributed by atoms with Crippen LogP contribution in [-0.2, 0) is 0 Å². The predicted octanol–water partition coefficient (Wildman–Crippen LogP) is 1.74. The highest BCUT2D eigenvalue weighted by atomic mass is 15.2. The van der Waals surface area contributed by atoms with E-state index in [1.165, 1.54) is 19.3 Å². The minimum Gasteiger partial charge on any atom is -0.351 e. The van der Waals surface area contributed by atoms with Crippen molar-refractivity contribution in [2.24, 2.45) is 11.7 Å². The van der Waals surface area contributed by atoms with Gasteiger partial charge >= 0.3 is 0 Å². The standard InChI is InChI=1S/C13H22N4/c1-3-11-4-7-17(12(8-11)9-14)13-10(2)15-5-6-16-13/h5-6,11-12H,3-4,7-9,14H2,1-2H3. The zero-order valence-electron chi connectivity index (χ0n) is 10.8. The highest BCUT2D eigenvalue weighted by molar-refractivity contribution is 5.44. The van der Waals surface area contributed by atoms with Crippen LogP contribution in [-0.4, -0.2) is 29.1 Å². The minimum atomic E-state index is 0.420. The Kier molecular flexibility index (Phi) is 3.94. The number of anilines is 1. The number of hydrogen-bond acceptors (Lipinski definition) is 4. The first-order valence-corrected chi connectivity index (χ1v) is 6.50. The molecule has 0 aliphatic carbocycles. The normalized spacial score (nSPS) is 25.0. The molecule has 2 N–H and O–H groups in total. The molecule has 0 radical (unpaired) electrons. The third-order valence-corrected chi connectivity index (χ3v) is 3.80. The summed E-state index contributed by atoms with van der Waals surface area (Å²) in [5, 5.41) is 0. The summed E-state index contributed by atoms with van der Waals surface area (Å²) in [6, 6.07) is 0.420. The molecular formula is C13H22N4. The molecule has 1 fully saturated rings. The molecule has 2 unspecified atom stereocenters. The van der Waals surface area contributed by atoms with E-state index in [4.69, 9.17) is 5.73 Å². The van der Waals surface area contributed by atoms with Gasteiger partial charge in [0.05, 0.1) is 5.69 Å². The van der Waals surface area contributed by atoms with Crippen molar-refractivity contribution in [2.45, 2.75) is 39.2 Å². The summed E-state index contributed by atoms with van der Waals surface area (Å²) >= 11 is 0. The molecule has 1 aliphatic rings. The fraction of sp³-hybridized carbons (Fsp3) is 0.692. The van der Waals surface area contributed by atoms with Gasteiger partial charge in [-0.2, -0.15) is 0 Å². The maximum atomic E-state index is 5.91. The largest absolute Gasteiger partial charge is 0.351 e. The highest BCUT2D eigenvalue weighted by Gasteiger charge is 2.28. The number of nitrogens with two attached hydrogens (primary N) is 1. The molecule has 2 rings (SSSR count). The van der Waals surface area contributed by atoms with E-state index in [1.807, 2.05) is 6.92 Å². The molecule has 4 nitrogen and oxygen atoms in total. The summed E-state index contributed by atoms with van der Waals surface area (Å²) in [6.07, 6.45) is 7.19. The Morgan fingerprint density at radius 3 is 2.82 bits per heavy atom. The fourth-order valence-corrected chi connectivity index (χ4v) is 2.69. The zero-order chi connectivity index (χ0) is 12.3. The van der Waals surface area contributed by atoms with Crippen molar-refractivity contribution < 1.29 is 0 Å². The van der Waals surface area contributed by atoms with Gasteiger partial charge in [-0.25, -0.2) is 4.98 Å². The molecular weight excluding hydrogens is 212 g/mol. The fourth-order valence-electron chi connectivity index (χ4n) is 2.69. The monoisotopic (exact) mass is 234 g/mol. The lowest BCUT2D eigenvalue weighted by molar-refractivity contribution is 0.334. The zero-order valence-corrected chi connectivity index (χ0v) is 10.8. The van der Waals surface area contributed by atoms with Crippen LogP contribution in [0.4, 0.5) is 5.82 Å². The van der Waals surface area contributed by atoms with Crippen LogP contribution in [0.3, 0.4) is 0 Å². The average Bonchev–Trinajstić information content (AvgIpc) is 2.38. The van der Waals surface area contributed by atoms with Crippen LogP contribution < -0.4 is 10.6 Å². The lowest BCUT2D eigenvalue weighted by Crippen LogP contribution is -2.47. The Morgan fingerprint density at radius 2 is 2.18 bits per heavy atom. The van der Waals surface area contributed by atoms with Gasteiger partial charge in [0.2, 0.25) is 0 Å². The molecule has 94 valence electrons. The van der Waals surface area contributed by atoms with Crippen molar-refractivity contribution in [1.29, 1.82) is 0 Å². The number of nitrogens with zero attached hydrogens (tertiary/aromatic N) is 3. The second-order valence-corrected chi connectivity index (χ2v) is 4.85. The molecule has 0 amide bonds. The maximum Gasteiger partial charge on any atom is 0.150 e. The summed E-state index contributed by atoms with van der Waals surface area (Å²) in [7, 11) is 0. The van der Waals surface area contributed by atoms with Crippen LogP contribution in [0.5, 0.6) is 0 Å². The summed E-state index contributed by atoms with van der Waals surface area (Å²) in [6.45, 7) is 6.04. The first-order chi connectivity index (χ1) is 8.26. The molecule has 4 heteroatoms. The molecule has 1 aromatic rings. The van der Waals surface area contributed by atoms with Gasteiger partial charge in [0.1, 0.15) is 5.82 Å². The molecule has 0 spiro atoms. The van der Waals surface area contributed by atoms with Gasteiger partial charge < -0.3 is 10.6 Å². The smallest absolute Gasteiger partial charge is 0.150 e. The van der Waals surface area contributed by atoms with Crippen LogP contribution in [0.1, 0.15) is 31.9 Å². The van der Waals surface area contributed by atoms with E-state index in [9.17, 15) is 0 Å². The van der Waals surface area contributed by atoms with E-state index in [0.29, 0.717) is 12.6 Å². The van der Waals surface area contributed by atoms with Crippen molar-refractivity contribution in [3.8, 4) is 0 Å². The van der Waals surface area contributed by atoms with Crippen LogP contribution >= 0.6 is 0 Å². The average molecular weight is 234 g/mol. The highest BCUT2D eigenvalue weighted by Crippen LogP contribution is 2.29. The van der Waals surface area contributed by atoms with Crippen LogP contribution in [0.25, 0.3) is 0 Å². The number of hydrogen-bond donors (Lipinski definition) is 1. The molecule has 1 saturated heterocycles. The van der Waals surface area contributed by atoms with E-state index in [1.54, 1.807) is 12.4 Å². The van der Waals surface area contributed by atoms with E-state index >= 15 is 0 Å². The lowest BCUT2D eigenvalue weighted by atomic mass is 9.89. The Balaban J connectivity index is 2.18. The topological polar surface area (TPSA) is 55.0 Å². The first kappa shape index (κ1) is 12.3. The Labute approximate surface area is 103 Å². The van der Waals surface area contributed by atoms with Gasteiger partial charge in [-0.05, 0) is 25.7 Å². The van der Waals surface area contributed by atoms with E-state index in [2.05, 4.69) is 21.8 Å². The molecule has 1 aromatic heterocycles. The van der Waals surface area contributed by atoms with E-state index in [-0.39, 0.29) is 0 Å². The van der Waals surface area contributed by atoms with Gasteiger partial charge in [-0.1, -0.05) is 13.3 Å². The van der Waals surface area contributed by atoms with Crippen molar-refractivity contribution in [3.63, 3.8) is 0 Å². The van der Waals surface area contributed by atoms with Gasteiger partial charge in [-0.15, -0.1) is 0 Å². The Hall–Kier alpha value is -1.16. The van der Waals surface area contributed by atoms with Crippen LogP contribution in [0.15, 0.2) is 12.4 Å². The SMILES string of the molecule is CCC1CCN(c2nccnc2C)C(CN)C1. The molecule has 17 heavy (non-hydrogen) atoms. The number of aryl methyl sites for hydroxylation is 1. The summed E-state index contributed by atoms with van der Waals surface area (Å²) in [4.78, 5) is 11.1. The molecule has 2 atom stereocenters. The summed E-state index contributed by atoms with van der Waals surface area (Å²) in [5.74, 6) is 1.83. The second kappa shape index (κ2) is 5.45. The third-order valence-electron chi connectivity index (χ3n) is 3.80. The minimum absolute atomic E-state index is 0.420. The Bertz CT molecular complexity index is 366. The summed E-state index contributed by atoms with van der Waals surface area (Å²) < 4.78 is 0. The van der Waals surface area contributed by atoms with Gasteiger partial charge in [-0.3, -0.25) is 4.98 Å². The van der Waals surface area contributed by atoms with Crippen molar-refractivity contribution in [1.82, 2.24) is 9.97 Å². The molecule has 0 aromatic carbocycles. The second-order valence-electron chi connectivity index (χ2n) is 4.85. The van der Waals surface area contributed by atoms with Crippen molar-refractivity contribution in [3.05, 3.63) is 18.1 Å². The van der Waals surface area contributed by atoms with E-state index < -0.39 is 0 Å². The number of rotatable bonds is 3. The summed E-state index contributed by atoms with van der Waals surface area (Å²) in [5.41, 5.74) is 6.91. The molecule has 0 saturated carbocycles. The maximum absolute atomic E-state index is 5.91. The van der Waals surface area contributed by atoms with Crippen LogP contribution in [0, 0.1) is 12.8 Å².